The molecule has 0 aromatic rings. The fourth-order valence-electron chi connectivity index (χ4n) is 2.79. The number of nitrogens with zero attached hydrogens (tertiary/aromatic N) is 2. The number of nitriles is 1. The van der Waals surface area contributed by atoms with Gasteiger partial charge in [-0.3, -0.25) is 10.2 Å². The smallest absolute Gasteiger partial charge is 0.0967 e. The van der Waals surface area contributed by atoms with E-state index in [0.29, 0.717) is 6.04 Å². The third-order valence-electron chi connectivity index (χ3n) is 3.54. The molecule has 1 N–H and O–H groups in total. The van der Waals surface area contributed by atoms with Crippen LogP contribution in [0, 0.1) is 11.3 Å². The molecule has 0 amide bonds. The van der Waals surface area contributed by atoms with Crippen molar-refractivity contribution in [2.24, 2.45) is 0 Å². The molecule has 2 atom stereocenters. The van der Waals surface area contributed by atoms with Crippen molar-refractivity contribution in [2.45, 2.75) is 63.8 Å². The Morgan fingerprint density at radius 3 is 2.78 bits per heavy atom. The van der Waals surface area contributed by atoms with Crippen molar-refractivity contribution in [1.82, 2.24) is 10.2 Å². The molecule has 0 aromatic carbocycles. The summed E-state index contributed by atoms with van der Waals surface area (Å²) in [6.07, 6.45) is 3.67. The van der Waals surface area contributed by atoms with Crippen LogP contribution in [0.1, 0.15) is 40.0 Å². The highest BCUT2D eigenvalue weighted by Crippen LogP contribution is 2.22. The van der Waals surface area contributed by atoms with Gasteiger partial charge < -0.3 is 4.74 Å². The average molecular weight is 251 g/mol. The second-order valence-electron chi connectivity index (χ2n) is 6.33. The summed E-state index contributed by atoms with van der Waals surface area (Å²) in [6.45, 7) is 9.32. The van der Waals surface area contributed by atoms with Gasteiger partial charge in [0.15, 0.2) is 0 Å². The Labute approximate surface area is 110 Å². The van der Waals surface area contributed by atoms with Crippen molar-refractivity contribution in [2.75, 3.05) is 19.6 Å². The predicted octanol–water partition coefficient (Wildman–Crippen LogP) is 1.52. The predicted molar refractivity (Wildman–Crippen MR) is 71.2 cm³/mol. The number of ether oxygens (including phenoxy) is 1. The largest absolute Gasteiger partial charge is 0.370 e. The molecular formula is C14H25N3O. The van der Waals surface area contributed by atoms with Crippen LogP contribution in [0.15, 0.2) is 0 Å². The first-order valence-corrected chi connectivity index (χ1v) is 7.04. The Bertz CT molecular complexity index is 319. The van der Waals surface area contributed by atoms with Crippen LogP contribution in [-0.2, 0) is 4.74 Å². The second-order valence-corrected chi connectivity index (χ2v) is 6.33. The lowest BCUT2D eigenvalue weighted by atomic mass is 10.0. The highest BCUT2D eigenvalue weighted by molar-refractivity contribution is 4.96. The Morgan fingerprint density at radius 2 is 2.22 bits per heavy atom. The Balaban J connectivity index is 1.76. The molecule has 1 saturated carbocycles. The molecule has 0 radical (unpaired) electrons. The van der Waals surface area contributed by atoms with Gasteiger partial charge in [0.1, 0.15) is 0 Å². The first-order chi connectivity index (χ1) is 8.48. The number of hydrogen-bond acceptors (Lipinski definition) is 4. The van der Waals surface area contributed by atoms with Gasteiger partial charge in [0.25, 0.3) is 0 Å². The first-order valence-electron chi connectivity index (χ1n) is 7.04. The molecule has 0 spiro atoms. The molecule has 1 aliphatic heterocycles. The monoisotopic (exact) mass is 251 g/mol. The van der Waals surface area contributed by atoms with Gasteiger partial charge in [0, 0.05) is 25.7 Å². The third-order valence-corrected chi connectivity index (χ3v) is 3.54. The number of rotatable bonds is 5. The van der Waals surface area contributed by atoms with Crippen LogP contribution >= 0.6 is 0 Å². The van der Waals surface area contributed by atoms with Crippen LogP contribution in [-0.4, -0.2) is 48.3 Å². The third kappa shape index (κ3) is 4.24. The van der Waals surface area contributed by atoms with Crippen LogP contribution in [0.4, 0.5) is 0 Å². The highest BCUT2D eigenvalue weighted by Gasteiger charge is 2.31. The van der Waals surface area contributed by atoms with Crippen molar-refractivity contribution < 1.29 is 4.74 Å². The summed E-state index contributed by atoms with van der Waals surface area (Å²) in [5, 5.41) is 12.5. The van der Waals surface area contributed by atoms with Crippen molar-refractivity contribution in [3.8, 4) is 6.07 Å². The molecule has 18 heavy (non-hydrogen) atoms. The van der Waals surface area contributed by atoms with Crippen LogP contribution in [0.2, 0.25) is 0 Å². The molecule has 0 aromatic heterocycles. The van der Waals surface area contributed by atoms with Gasteiger partial charge >= 0.3 is 0 Å². The minimum absolute atomic E-state index is 0.0127. The maximum atomic E-state index is 9.13. The van der Waals surface area contributed by atoms with Gasteiger partial charge in [-0.15, -0.1) is 0 Å². The van der Waals surface area contributed by atoms with E-state index >= 15 is 0 Å². The maximum Gasteiger partial charge on any atom is 0.0967 e. The summed E-state index contributed by atoms with van der Waals surface area (Å²) in [6, 6.07) is 2.99. The Kier molecular flexibility index (Phi) is 4.26. The van der Waals surface area contributed by atoms with E-state index in [1.165, 1.54) is 12.8 Å². The van der Waals surface area contributed by atoms with Gasteiger partial charge in [-0.25, -0.2) is 0 Å². The lowest BCUT2D eigenvalue weighted by Crippen LogP contribution is -2.52. The zero-order chi connectivity index (χ0) is 13.2. The number of nitrogens with one attached hydrogen (secondary N) is 1. The standard InChI is InChI=1S/C14H25N3O/c1-11-9-17(10-14(2,3)18-11)7-6-13(8-15)16-12-4-5-12/h11-13,16H,4-7,9-10H2,1-3H3. The van der Waals surface area contributed by atoms with Gasteiger partial charge in [0.2, 0.25) is 0 Å². The molecule has 4 nitrogen and oxygen atoms in total. The minimum atomic E-state index is -0.0657. The van der Waals surface area contributed by atoms with E-state index in [1.54, 1.807) is 0 Å². The number of morpholine rings is 1. The quantitative estimate of drug-likeness (QED) is 0.805. The topological polar surface area (TPSA) is 48.3 Å². The van der Waals surface area contributed by atoms with Crippen molar-refractivity contribution in [3.05, 3.63) is 0 Å². The molecule has 1 saturated heterocycles. The van der Waals surface area contributed by atoms with Gasteiger partial charge in [-0.05, 0) is 40.0 Å². The van der Waals surface area contributed by atoms with E-state index < -0.39 is 0 Å². The van der Waals surface area contributed by atoms with E-state index in [2.05, 4.69) is 37.1 Å². The van der Waals surface area contributed by atoms with Gasteiger partial charge in [0.05, 0.1) is 23.8 Å². The van der Waals surface area contributed by atoms with Crippen molar-refractivity contribution in [1.29, 1.82) is 5.26 Å². The molecule has 4 heteroatoms. The fraction of sp³-hybridized carbons (Fsp3) is 0.929. The second kappa shape index (κ2) is 5.56. The van der Waals surface area contributed by atoms with Crippen LogP contribution in [0.5, 0.6) is 0 Å². The molecule has 2 unspecified atom stereocenters. The molecule has 2 fully saturated rings. The first kappa shape index (κ1) is 13.8. The van der Waals surface area contributed by atoms with E-state index in [1.807, 2.05) is 0 Å². The van der Waals surface area contributed by atoms with Crippen LogP contribution in [0.3, 0.4) is 0 Å². The van der Waals surface area contributed by atoms with Gasteiger partial charge in [-0.2, -0.15) is 5.26 Å². The zero-order valence-electron chi connectivity index (χ0n) is 11.8. The highest BCUT2D eigenvalue weighted by atomic mass is 16.5. The molecule has 102 valence electrons. The van der Waals surface area contributed by atoms with E-state index in [0.717, 1.165) is 26.1 Å². The van der Waals surface area contributed by atoms with Crippen molar-refractivity contribution in [3.63, 3.8) is 0 Å². The lowest BCUT2D eigenvalue weighted by Gasteiger charge is -2.42. The summed E-state index contributed by atoms with van der Waals surface area (Å²) in [4.78, 5) is 2.42. The summed E-state index contributed by atoms with van der Waals surface area (Å²) >= 11 is 0. The van der Waals surface area contributed by atoms with Gasteiger partial charge in [-0.1, -0.05) is 0 Å². The SMILES string of the molecule is CC1CN(CCC(C#N)NC2CC2)CC(C)(C)O1. The summed E-state index contributed by atoms with van der Waals surface area (Å²) in [5.74, 6) is 0. The summed E-state index contributed by atoms with van der Waals surface area (Å²) < 4.78 is 5.89. The zero-order valence-corrected chi connectivity index (χ0v) is 11.8. The lowest BCUT2D eigenvalue weighted by molar-refractivity contribution is -0.128. The number of hydrogen-bond donors (Lipinski definition) is 1. The minimum Gasteiger partial charge on any atom is -0.370 e. The van der Waals surface area contributed by atoms with Crippen molar-refractivity contribution >= 4 is 0 Å². The Morgan fingerprint density at radius 1 is 1.50 bits per heavy atom. The summed E-state index contributed by atoms with van der Waals surface area (Å²) in [7, 11) is 0. The molecular weight excluding hydrogens is 226 g/mol. The maximum absolute atomic E-state index is 9.13. The Hall–Kier alpha value is -0.630. The van der Waals surface area contributed by atoms with Crippen LogP contribution < -0.4 is 5.32 Å². The van der Waals surface area contributed by atoms with E-state index in [4.69, 9.17) is 10.00 Å². The molecule has 1 aliphatic carbocycles. The normalized spacial score (nSPS) is 29.8. The van der Waals surface area contributed by atoms with E-state index in [9.17, 15) is 0 Å². The van der Waals surface area contributed by atoms with Crippen LogP contribution in [0.25, 0.3) is 0 Å². The fourth-order valence-corrected chi connectivity index (χ4v) is 2.79. The van der Waals surface area contributed by atoms with E-state index in [-0.39, 0.29) is 17.7 Å². The molecule has 2 rings (SSSR count). The molecule has 0 bridgehead atoms. The molecule has 2 aliphatic rings. The average Bonchev–Trinajstić information content (AvgIpc) is 3.05. The summed E-state index contributed by atoms with van der Waals surface area (Å²) in [5.41, 5.74) is -0.0657. The molecule has 1 heterocycles.